The van der Waals surface area contributed by atoms with Crippen LogP contribution >= 0.6 is 0 Å². The molecular weight excluding hydrogens is 130 g/mol. The first-order valence-electron chi connectivity index (χ1n) is 3.37. The fourth-order valence-corrected chi connectivity index (χ4v) is 0.849. The van der Waals surface area contributed by atoms with E-state index in [2.05, 4.69) is 5.16 Å². The van der Waals surface area contributed by atoms with Crippen LogP contribution in [0.25, 0.3) is 0 Å². The summed E-state index contributed by atoms with van der Waals surface area (Å²) in [7, 11) is 0. The lowest BCUT2D eigenvalue weighted by atomic mass is 10.3. The van der Waals surface area contributed by atoms with Gasteiger partial charge in [0.2, 0.25) is 5.96 Å². The van der Waals surface area contributed by atoms with Crippen molar-refractivity contribution >= 4 is 5.96 Å². The molecule has 0 rings (SSSR count). The highest BCUT2D eigenvalue weighted by atomic mass is 16.4. The van der Waals surface area contributed by atoms with Crippen LogP contribution in [-0.4, -0.2) is 28.7 Å². The lowest BCUT2D eigenvalue weighted by molar-refractivity contribution is 0.286. The molecule has 0 aromatic heterocycles. The van der Waals surface area contributed by atoms with E-state index in [1.165, 1.54) is 0 Å². The van der Waals surface area contributed by atoms with Crippen LogP contribution < -0.4 is 5.73 Å². The number of nitrogens with zero attached hydrogens (tertiary/aromatic N) is 2. The van der Waals surface area contributed by atoms with Crippen molar-refractivity contribution in [3.05, 3.63) is 0 Å². The van der Waals surface area contributed by atoms with Gasteiger partial charge >= 0.3 is 0 Å². The van der Waals surface area contributed by atoms with E-state index in [4.69, 9.17) is 10.9 Å². The fraction of sp³-hybridized carbons (Fsp3) is 0.833. The van der Waals surface area contributed by atoms with E-state index in [-0.39, 0.29) is 12.0 Å². The molecule has 0 aliphatic heterocycles. The Kier molecular flexibility index (Phi) is 3.61. The highest BCUT2D eigenvalue weighted by Crippen LogP contribution is 1.95. The molecule has 0 bridgehead atoms. The van der Waals surface area contributed by atoms with Crippen molar-refractivity contribution in [3.8, 4) is 0 Å². The van der Waals surface area contributed by atoms with Gasteiger partial charge in [-0.3, -0.25) is 0 Å². The number of rotatable bonds is 2. The zero-order chi connectivity index (χ0) is 8.15. The van der Waals surface area contributed by atoms with Gasteiger partial charge in [0, 0.05) is 12.6 Å². The van der Waals surface area contributed by atoms with Gasteiger partial charge in [0.1, 0.15) is 0 Å². The predicted octanol–water partition coefficient (Wildman–Crippen LogP) is 0.421. The van der Waals surface area contributed by atoms with Gasteiger partial charge < -0.3 is 15.8 Å². The molecule has 4 nitrogen and oxygen atoms in total. The van der Waals surface area contributed by atoms with Crippen molar-refractivity contribution in [2.75, 3.05) is 6.54 Å². The van der Waals surface area contributed by atoms with Gasteiger partial charge in [0.05, 0.1) is 0 Å². The normalized spacial score (nSPS) is 12.2. The van der Waals surface area contributed by atoms with E-state index in [0.717, 1.165) is 6.54 Å². The summed E-state index contributed by atoms with van der Waals surface area (Å²) in [5.74, 6) is 0.178. The standard InChI is InChI=1S/C6H15N3O/c1-4-9(5(2)3)6(7)8-10/h5,10H,4H2,1-3H3,(H2,7,8). The van der Waals surface area contributed by atoms with E-state index < -0.39 is 0 Å². The molecule has 0 saturated heterocycles. The molecule has 3 N–H and O–H groups in total. The van der Waals surface area contributed by atoms with Crippen LogP contribution in [0, 0.1) is 0 Å². The van der Waals surface area contributed by atoms with Gasteiger partial charge in [0.15, 0.2) is 0 Å². The topological polar surface area (TPSA) is 61.8 Å². The summed E-state index contributed by atoms with van der Waals surface area (Å²) >= 11 is 0. The van der Waals surface area contributed by atoms with E-state index in [9.17, 15) is 0 Å². The second kappa shape index (κ2) is 3.98. The van der Waals surface area contributed by atoms with Crippen LogP contribution in [0.1, 0.15) is 20.8 Å². The number of hydrogen-bond acceptors (Lipinski definition) is 2. The molecule has 0 heterocycles. The molecule has 0 amide bonds. The van der Waals surface area contributed by atoms with Crippen molar-refractivity contribution in [3.63, 3.8) is 0 Å². The maximum atomic E-state index is 8.31. The molecule has 4 heteroatoms. The van der Waals surface area contributed by atoms with Crippen LogP contribution in [0.5, 0.6) is 0 Å². The lowest BCUT2D eigenvalue weighted by Gasteiger charge is -2.24. The Hall–Kier alpha value is -0.930. The molecule has 10 heavy (non-hydrogen) atoms. The molecule has 0 aromatic carbocycles. The maximum absolute atomic E-state index is 8.31. The number of hydrogen-bond donors (Lipinski definition) is 2. The zero-order valence-corrected chi connectivity index (χ0v) is 6.70. The van der Waals surface area contributed by atoms with Crippen LogP contribution in [0.2, 0.25) is 0 Å². The van der Waals surface area contributed by atoms with Gasteiger partial charge in [0.25, 0.3) is 0 Å². The van der Waals surface area contributed by atoms with Gasteiger partial charge in [-0.05, 0) is 20.8 Å². The molecule has 0 fully saturated rings. The highest BCUT2D eigenvalue weighted by molar-refractivity contribution is 5.77. The third kappa shape index (κ3) is 2.13. The smallest absolute Gasteiger partial charge is 0.233 e. The average molecular weight is 145 g/mol. The minimum Gasteiger partial charge on any atom is -0.408 e. The Labute approximate surface area is 61.3 Å². The molecule has 0 unspecified atom stereocenters. The Morgan fingerprint density at radius 1 is 1.70 bits per heavy atom. The zero-order valence-electron chi connectivity index (χ0n) is 6.70. The summed E-state index contributed by atoms with van der Waals surface area (Å²) in [5, 5.41) is 11.2. The molecule has 60 valence electrons. The van der Waals surface area contributed by atoms with E-state index in [0.29, 0.717) is 0 Å². The minimum absolute atomic E-state index is 0.178. The largest absolute Gasteiger partial charge is 0.408 e. The third-order valence-corrected chi connectivity index (χ3v) is 1.36. The molecule has 0 saturated carbocycles. The van der Waals surface area contributed by atoms with Crippen molar-refractivity contribution < 1.29 is 5.21 Å². The quantitative estimate of drug-likeness (QED) is 0.256. The second-order valence-electron chi connectivity index (χ2n) is 2.34. The Bertz CT molecular complexity index is 122. The van der Waals surface area contributed by atoms with Crippen molar-refractivity contribution in [2.24, 2.45) is 10.9 Å². The first-order valence-corrected chi connectivity index (χ1v) is 3.37. The monoisotopic (exact) mass is 145 g/mol. The van der Waals surface area contributed by atoms with Crippen LogP contribution in [0.3, 0.4) is 0 Å². The maximum Gasteiger partial charge on any atom is 0.233 e. The molecule has 0 aliphatic carbocycles. The van der Waals surface area contributed by atoms with Gasteiger partial charge in [-0.2, -0.15) is 0 Å². The van der Waals surface area contributed by atoms with Gasteiger partial charge in [-0.1, -0.05) is 5.16 Å². The van der Waals surface area contributed by atoms with E-state index in [1.807, 2.05) is 20.8 Å². The van der Waals surface area contributed by atoms with Crippen molar-refractivity contribution in [2.45, 2.75) is 26.8 Å². The molecule has 0 aromatic rings. The molecule has 0 atom stereocenters. The van der Waals surface area contributed by atoms with E-state index >= 15 is 0 Å². The summed E-state index contributed by atoms with van der Waals surface area (Å²) in [6, 6.07) is 0.279. The SMILES string of the molecule is CCN(/C(N)=N/O)C(C)C. The molecule has 0 spiro atoms. The first-order chi connectivity index (χ1) is 4.63. The van der Waals surface area contributed by atoms with Crippen LogP contribution in [-0.2, 0) is 0 Å². The van der Waals surface area contributed by atoms with Crippen molar-refractivity contribution in [1.29, 1.82) is 0 Å². The Morgan fingerprint density at radius 2 is 2.20 bits per heavy atom. The number of nitrogens with two attached hydrogens (primary N) is 1. The Morgan fingerprint density at radius 3 is 2.30 bits per heavy atom. The van der Waals surface area contributed by atoms with Gasteiger partial charge in [-0.25, -0.2) is 0 Å². The third-order valence-electron chi connectivity index (χ3n) is 1.36. The Balaban J connectivity index is 4.07. The summed E-state index contributed by atoms with van der Waals surface area (Å²) in [6.07, 6.45) is 0. The van der Waals surface area contributed by atoms with Gasteiger partial charge in [-0.15, -0.1) is 0 Å². The number of guanidine groups is 1. The van der Waals surface area contributed by atoms with Crippen LogP contribution in [0.4, 0.5) is 0 Å². The molecule has 0 aliphatic rings. The fourth-order valence-electron chi connectivity index (χ4n) is 0.849. The lowest BCUT2D eigenvalue weighted by Crippen LogP contribution is -2.41. The first kappa shape index (κ1) is 9.07. The second-order valence-corrected chi connectivity index (χ2v) is 2.34. The molecule has 0 radical (unpaired) electrons. The highest BCUT2D eigenvalue weighted by Gasteiger charge is 2.08. The summed E-state index contributed by atoms with van der Waals surface area (Å²) in [4.78, 5) is 1.79. The number of oxime groups is 1. The minimum atomic E-state index is 0.178. The predicted molar refractivity (Wildman–Crippen MR) is 40.9 cm³/mol. The van der Waals surface area contributed by atoms with E-state index in [1.54, 1.807) is 4.90 Å². The van der Waals surface area contributed by atoms with Crippen molar-refractivity contribution in [1.82, 2.24) is 4.90 Å². The van der Waals surface area contributed by atoms with Crippen LogP contribution in [0.15, 0.2) is 5.16 Å². The summed E-state index contributed by atoms with van der Waals surface area (Å²) in [6.45, 7) is 6.69. The summed E-state index contributed by atoms with van der Waals surface area (Å²) < 4.78 is 0. The summed E-state index contributed by atoms with van der Waals surface area (Å²) in [5.41, 5.74) is 5.35. The molecular formula is C6H15N3O. The average Bonchev–Trinajstić information content (AvgIpc) is 1.88.